The summed E-state index contributed by atoms with van der Waals surface area (Å²) >= 11 is 0. The van der Waals surface area contributed by atoms with Crippen LogP contribution in [0.25, 0.3) is 0 Å². The summed E-state index contributed by atoms with van der Waals surface area (Å²) in [7, 11) is 0. The van der Waals surface area contributed by atoms with Crippen LogP contribution in [0.15, 0.2) is 18.2 Å². The highest BCUT2D eigenvalue weighted by Crippen LogP contribution is 2.30. The summed E-state index contributed by atoms with van der Waals surface area (Å²) in [6.07, 6.45) is 3.24. The van der Waals surface area contributed by atoms with Gasteiger partial charge in [-0.3, -0.25) is 4.79 Å². The number of aryl methyl sites for hydroxylation is 1. The molecule has 1 aromatic rings. The summed E-state index contributed by atoms with van der Waals surface area (Å²) < 4.78 is 5.60. The Bertz CT molecular complexity index is 500. The Labute approximate surface area is 127 Å². The van der Waals surface area contributed by atoms with E-state index in [0.717, 1.165) is 30.6 Å². The molecule has 4 nitrogen and oxygen atoms in total. The third-order valence-electron chi connectivity index (χ3n) is 4.24. The summed E-state index contributed by atoms with van der Waals surface area (Å²) in [5.74, 6) is 1.05. The van der Waals surface area contributed by atoms with Crippen molar-refractivity contribution in [2.24, 2.45) is 11.7 Å². The van der Waals surface area contributed by atoms with E-state index in [0.29, 0.717) is 5.92 Å². The van der Waals surface area contributed by atoms with Gasteiger partial charge in [-0.15, -0.1) is 0 Å². The molecule has 0 bridgehead atoms. The molecule has 0 saturated carbocycles. The second kappa shape index (κ2) is 6.94. The molecule has 21 heavy (non-hydrogen) atoms. The van der Waals surface area contributed by atoms with Crippen LogP contribution in [0.5, 0.6) is 5.75 Å². The zero-order valence-corrected chi connectivity index (χ0v) is 13.2. The molecule has 0 radical (unpaired) electrons. The fraction of sp³-hybridized carbons (Fsp3) is 0.588. The first-order chi connectivity index (χ1) is 9.97. The normalized spacial score (nSPS) is 19.0. The van der Waals surface area contributed by atoms with Gasteiger partial charge in [-0.25, -0.2) is 0 Å². The van der Waals surface area contributed by atoms with Crippen molar-refractivity contribution in [2.75, 3.05) is 6.61 Å². The fourth-order valence-corrected chi connectivity index (χ4v) is 2.51. The molecular formula is C17H26N2O2. The second-order valence-electron chi connectivity index (χ2n) is 6.25. The van der Waals surface area contributed by atoms with Crippen LogP contribution in [0, 0.1) is 5.92 Å². The lowest BCUT2D eigenvalue weighted by Crippen LogP contribution is -2.38. The highest BCUT2D eigenvalue weighted by Gasteiger charge is 2.17. The largest absolute Gasteiger partial charge is 0.484 e. The molecule has 0 fully saturated rings. The van der Waals surface area contributed by atoms with Gasteiger partial charge in [0.15, 0.2) is 6.61 Å². The molecule has 1 aromatic carbocycles. The van der Waals surface area contributed by atoms with Gasteiger partial charge in [0, 0.05) is 12.1 Å². The Morgan fingerprint density at radius 1 is 1.43 bits per heavy atom. The monoisotopic (exact) mass is 290 g/mol. The lowest BCUT2D eigenvalue weighted by Gasteiger charge is -2.23. The van der Waals surface area contributed by atoms with Crippen LogP contribution in [0.3, 0.4) is 0 Å². The van der Waals surface area contributed by atoms with Gasteiger partial charge < -0.3 is 15.8 Å². The van der Waals surface area contributed by atoms with Crippen molar-refractivity contribution in [2.45, 2.75) is 52.1 Å². The van der Waals surface area contributed by atoms with Gasteiger partial charge >= 0.3 is 0 Å². The first kappa shape index (κ1) is 15.8. The maximum absolute atomic E-state index is 11.8. The lowest BCUT2D eigenvalue weighted by molar-refractivity contribution is -0.124. The highest BCUT2D eigenvalue weighted by molar-refractivity contribution is 5.77. The standard InChI is InChI=1S/C17H26N2O2/c1-11(2)12(3)19-17(20)10-21-14-8-7-13-5-4-6-16(18)15(13)9-14/h7-9,11-12,16H,4-6,10,18H2,1-3H3,(H,19,20)/t12?,16-/m0/s1. The minimum atomic E-state index is -0.0850. The first-order valence-corrected chi connectivity index (χ1v) is 7.78. The lowest BCUT2D eigenvalue weighted by atomic mass is 9.88. The Hall–Kier alpha value is -1.55. The van der Waals surface area contributed by atoms with E-state index in [4.69, 9.17) is 10.5 Å². The zero-order chi connectivity index (χ0) is 15.4. The summed E-state index contributed by atoms with van der Waals surface area (Å²) in [6, 6.07) is 6.22. The van der Waals surface area contributed by atoms with Crippen molar-refractivity contribution < 1.29 is 9.53 Å². The summed E-state index contributed by atoms with van der Waals surface area (Å²) in [4.78, 5) is 11.8. The van der Waals surface area contributed by atoms with E-state index in [2.05, 4.69) is 25.2 Å². The van der Waals surface area contributed by atoms with E-state index in [1.807, 2.05) is 19.1 Å². The molecule has 0 aliphatic heterocycles. The quantitative estimate of drug-likeness (QED) is 0.876. The van der Waals surface area contributed by atoms with E-state index in [-0.39, 0.29) is 24.6 Å². The molecule has 0 saturated heterocycles. The van der Waals surface area contributed by atoms with Gasteiger partial charge in [0.25, 0.3) is 5.91 Å². The number of nitrogens with two attached hydrogens (primary N) is 1. The predicted molar refractivity (Wildman–Crippen MR) is 84.2 cm³/mol. The molecule has 3 N–H and O–H groups in total. The van der Waals surface area contributed by atoms with Crippen molar-refractivity contribution in [3.05, 3.63) is 29.3 Å². The van der Waals surface area contributed by atoms with Crippen LogP contribution in [0.4, 0.5) is 0 Å². The molecule has 1 unspecified atom stereocenters. The molecule has 2 atom stereocenters. The number of fused-ring (bicyclic) bond motifs is 1. The van der Waals surface area contributed by atoms with Crippen LogP contribution in [0.2, 0.25) is 0 Å². The van der Waals surface area contributed by atoms with Gasteiger partial charge in [-0.2, -0.15) is 0 Å². The fourth-order valence-electron chi connectivity index (χ4n) is 2.51. The number of rotatable bonds is 5. The average Bonchev–Trinajstić information content (AvgIpc) is 2.45. The van der Waals surface area contributed by atoms with E-state index in [1.54, 1.807) is 0 Å². The number of benzene rings is 1. The van der Waals surface area contributed by atoms with E-state index in [9.17, 15) is 4.79 Å². The summed E-state index contributed by atoms with van der Waals surface area (Å²) in [5, 5.41) is 2.93. The molecule has 0 aromatic heterocycles. The molecule has 1 amide bonds. The maximum Gasteiger partial charge on any atom is 0.258 e. The van der Waals surface area contributed by atoms with Crippen molar-refractivity contribution in [1.29, 1.82) is 0 Å². The van der Waals surface area contributed by atoms with Gasteiger partial charge in [0.2, 0.25) is 0 Å². The molecule has 1 aliphatic carbocycles. The number of hydrogen-bond acceptors (Lipinski definition) is 3. The number of amides is 1. The number of ether oxygens (including phenoxy) is 1. The number of carbonyl (C=O) groups is 1. The molecule has 0 heterocycles. The molecule has 1 aliphatic rings. The van der Waals surface area contributed by atoms with Crippen LogP contribution >= 0.6 is 0 Å². The van der Waals surface area contributed by atoms with Crippen molar-refractivity contribution in [1.82, 2.24) is 5.32 Å². The molecule has 116 valence electrons. The Morgan fingerprint density at radius 3 is 2.90 bits per heavy atom. The van der Waals surface area contributed by atoms with Crippen LogP contribution in [0.1, 0.15) is 50.8 Å². The third-order valence-corrected chi connectivity index (χ3v) is 4.24. The topological polar surface area (TPSA) is 64.3 Å². The Morgan fingerprint density at radius 2 is 2.19 bits per heavy atom. The van der Waals surface area contributed by atoms with Crippen molar-refractivity contribution >= 4 is 5.91 Å². The SMILES string of the molecule is CC(C)C(C)NC(=O)COc1ccc2c(c1)[C@@H](N)CCC2. The molecule has 4 heteroatoms. The smallest absolute Gasteiger partial charge is 0.258 e. The summed E-state index contributed by atoms with van der Waals surface area (Å²) in [5.41, 5.74) is 8.60. The molecule has 2 rings (SSSR count). The van der Waals surface area contributed by atoms with E-state index in [1.165, 1.54) is 5.56 Å². The van der Waals surface area contributed by atoms with Gasteiger partial charge in [0.1, 0.15) is 5.75 Å². The number of hydrogen-bond donors (Lipinski definition) is 2. The van der Waals surface area contributed by atoms with Crippen LogP contribution in [-0.2, 0) is 11.2 Å². The van der Waals surface area contributed by atoms with Crippen LogP contribution < -0.4 is 15.8 Å². The van der Waals surface area contributed by atoms with E-state index >= 15 is 0 Å². The third kappa shape index (κ3) is 4.21. The van der Waals surface area contributed by atoms with Crippen molar-refractivity contribution in [3.8, 4) is 5.75 Å². The van der Waals surface area contributed by atoms with Crippen LogP contribution in [-0.4, -0.2) is 18.6 Å². The van der Waals surface area contributed by atoms with Gasteiger partial charge in [-0.05, 0) is 55.4 Å². The average molecular weight is 290 g/mol. The van der Waals surface area contributed by atoms with Gasteiger partial charge in [0.05, 0.1) is 0 Å². The Balaban J connectivity index is 1.92. The Kier molecular flexibility index (Phi) is 5.23. The number of carbonyl (C=O) groups excluding carboxylic acids is 1. The van der Waals surface area contributed by atoms with Crippen molar-refractivity contribution in [3.63, 3.8) is 0 Å². The first-order valence-electron chi connectivity index (χ1n) is 7.78. The van der Waals surface area contributed by atoms with Gasteiger partial charge in [-0.1, -0.05) is 19.9 Å². The minimum Gasteiger partial charge on any atom is -0.484 e. The van der Waals surface area contributed by atoms with E-state index < -0.39 is 0 Å². The highest BCUT2D eigenvalue weighted by atomic mass is 16.5. The molecule has 0 spiro atoms. The summed E-state index contributed by atoms with van der Waals surface area (Å²) in [6.45, 7) is 6.21. The second-order valence-corrected chi connectivity index (χ2v) is 6.25. The zero-order valence-electron chi connectivity index (χ0n) is 13.2. The number of nitrogens with one attached hydrogen (secondary N) is 1. The predicted octanol–water partition coefficient (Wildman–Crippen LogP) is 2.56. The molecular weight excluding hydrogens is 264 g/mol. The minimum absolute atomic E-state index is 0.0467. The maximum atomic E-state index is 11.8.